The summed E-state index contributed by atoms with van der Waals surface area (Å²) in [4.78, 5) is 23.4. The monoisotopic (exact) mass is 363 g/mol. The minimum atomic E-state index is -1.20. The van der Waals surface area contributed by atoms with Gasteiger partial charge >= 0.3 is 12.0 Å². The number of rotatable bonds is 7. The van der Waals surface area contributed by atoms with Crippen molar-refractivity contribution in [3.63, 3.8) is 0 Å². The second kappa shape index (κ2) is 8.48. The third-order valence-electron chi connectivity index (χ3n) is 3.27. The van der Waals surface area contributed by atoms with Crippen molar-refractivity contribution in [1.29, 1.82) is 0 Å². The van der Waals surface area contributed by atoms with Crippen molar-refractivity contribution in [2.24, 2.45) is 5.92 Å². The van der Waals surface area contributed by atoms with E-state index in [1.165, 1.54) is 0 Å². The van der Waals surface area contributed by atoms with Crippen LogP contribution in [0.1, 0.15) is 35.3 Å². The van der Waals surface area contributed by atoms with Gasteiger partial charge in [-0.25, -0.2) is 9.59 Å². The molecule has 0 aliphatic heterocycles. The third-order valence-corrected chi connectivity index (χ3v) is 4.01. The lowest BCUT2D eigenvalue weighted by molar-refractivity contribution is 0.0693. The van der Waals surface area contributed by atoms with Crippen molar-refractivity contribution in [2.45, 2.75) is 27.4 Å². The molecule has 0 atom stereocenters. The lowest BCUT2D eigenvalue weighted by Crippen LogP contribution is -2.31. The number of urea groups is 1. The smallest absolute Gasteiger partial charge is 0.344 e. The summed E-state index contributed by atoms with van der Waals surface area (Å²) in [6.07, 6.45) is 0. The number of nitrogens with one attached hydrogen (secondary N) is 2. The first kappa shape index (κ1) is 18.7. The highest BCUT2D eigenvalue weighted by Crippen LogP contribution is 2.31. The highest BCUT2D eigenvalue weighted by Gasteiger charge is 2.23. The molecule has 0 bridgehead atoms. The number of carboxylic acid groups (broad SMARTS) is 1. The topological polar surface area (TPSA) is 101 Å². The van der Waals surface area contributed by atoms with E-state index in [1.54, 1.807) is 0 Å². The van der Waals surface area contributed by atoms with Crippen LogP contribution in [-0.4, -0.2) is 28.0 Å². The van der Waals surface area contributed by atoms with E-state index in [0.717, 1.165) is 22.7 Å². The molecule has 0 aliphatic carbocycles. The molecule has 1 aromatic heterocycles. The number of hydrogen-bond acceptors (Lipinski definition) is 5. The molecular weight excluding hydrogens is 342 g/mol. The summed E-state index contributed by atoms with van der Waals surface area (Å²) in [5, 5.41) is 14.7. The number of aromatic carboxylic acids is 1. The number of hydrogen-bond donors (Lipinski definition) is 3. The van der Waals surface area contributed by atoms with Crippen LogP contribution in [0.3, 0.4) is 0 Å². The summed E-state index contributed by atoms with van der Waals surface area (Å²) < 4.78 is 9.55. The van der Waals surface area contributed by atoms with Gasteiger partial charge < -0.3 is 15.2 Å². The molecule has 0 unspecified atom stereocenters. The van der Waals surface area contributed by atoms with Crippen LogP contribution in [0.4, 0.5) is 9.80 Å². The summed E-state index contributed by atoms with van der Waals surface area (Å²) in [7, 11) is 0. The van der Waals surface area contributed by atoms with Gasteiger partial charge in [-0.1, -0.05) is 43.7 Å². The molecule has 8 heteroatoms. The van der Waals surface area contributed by atoms with Crippen molar-refractivity contribution in [3.05, 3.63) is 41.0 Å². The average molecular weight is 363 g/mol. The fourth-order valence-electron chi connectivity index (χ4n) is 1.93. The number of aryl methyl sites for hydroxylation is 1. The summed E-state index contributed by atoms with van der Waals surface area (Å²) >= 11 is 0.877. The molecule has 25 heavy (non-hydrogen) atoms. The Bertz CT molecular complexity index is 741. The van der Waals surface area contributed by atoms with Crippen LogP contribution < -0.4 is 15.4 Å². The predicted octanol–water partition coefficient (Wildman–Crippen LogP) is 3.51. The molecule has 3 N–H and O–H groups in total. The molecule has 0 saturated heterocycles. The zero-order chi connectivity index (χ0) is 18.4. The van der Waals surface area contributed by atoms with E-state index < -0.39 is 12.0 Å². The molecule has 0 radical (unpaired) electrons. The predicted molar refractivity (Wildman–Crippen MR) is 96.4 cm³/mol. The Hall–Kier alpha value is -2.61. The van der Waals surface area contributed by atoms with Crippen LogP contribution in [0.15, 0.2) is 24.3 Å². The van der Waals surface area contributed by atoms with E-state index >= 15 is 0 Å². The van der Waals surface area contributed by atoms with Gasteiger partial charge in [-0.05, 0) is 29.9 Å². The van der Waals surface area contributed by atoms with Gasteiger partial charge in [-0.15, -0.1) is 0 Å². The molecule has 1 aromatic carbocycles. The molecule has 134 valence electrons. The lowest BCUT2D eigenvalue weighted by Gasteiger charge is -2.09. The van der Waals surface area contributed by atoms with Gasteiger partial charge in [0.05, 0.1) is 0 Å². The summed E-state index contributed by atoms with van der Waals surface area (Å²) in [6.45, 7) is 6.60. The Morgan fingerprint density at radius 1 is 1.28 bits per heavy atom. The van der Waals surface area contributed by atoms with Gasteiger partial charge in [0.1, 0.15) is 11.6 Å². The van der Waals surface area contributed by atoms with Gasteiger partial charge in [0.15, 0.2) is 5.56 Å². The minimum absolute atomic E-state index is 0.00256. The lowest BCUT2D eigenvalue weighted by atomic mass is 10.2. The summed E-state index contributed by atoms with van der Waals surface area (Å²) in [5.41, 5.74) is 1.89. The number of carboxylic acids is 1. The van der Waals surface area contributed by atoms with Crippen LogP contribution in [0.2, 0.25) is 0 Å². The normalized spacial score (nSPS) is 10.6. The first-order chi connectivity index (χ1) is 11.9. The van der Waals surface area contributed by atoms with E-state index in [-0.39, 0.29) is 23.1 Å². The van der Waals surface area contributed by atoms with Gasteiger partial charge in [-0.2, -0.15) is 4.37 Å². The van der Waals surface area contributed by atoms with Crippen LogP contribution >= 0.6 is 11.5 Å². The van der Waals surface area contributed by atoms with Crippen molar-refractivity contribution in [2.75, 3.05) is 11.9 Å². The second-order valence-electron chi connectivity index (χ2n) is 6.00. The zero-order valence-corrected chi connectivity index (χ0v) is 15.1. The Labute approximate surface area is 150 Å². The summed E-state index contributed by atoms with van der Waals surface area (Å²) in [6, 6.07) is 7.24. The Kier molecular flexibility index (Phi) is 6.35. The van der Waals surface area contributed by atoms with Gasteiger partial charge in [0.25, 0.3) is 0 Å². The molecule has 0 saturated carbocycles. The molecule has 0 fully saturated rings. The molecule has 0 spiro atoms. The van der Waals surface area contributed by atoms with Crippen molar-refractivity contribution in [3.8, 4) is 5.88 Å². The van der Waals surface area contributed by atoms with Crippen LogP contribution in [0.25, 0.3) is 0 Å². The third kappa shape index (κ3) is 5.46. The van der Waals surface area contributed by atoms with Crippen molar-refractivity contribution in [1.82, 2.24) is 9.69 Å². The number of carbonyl (C=O) groups excluding carboxylic acids is 1. The molecular formula is C17H21N3O4S. The molecule has 2 rings (SSSR count). The number of anilines is 1. The van der Waals surface area contributed by atoms with Crippen molar-refractivity contribution >= 4 is 28.5 Å². The maximum Gasteiger partial charge on any atom is 0.344 e. The first-order valence-electron chi connectivity index (χ1n) is 7.83. The van der Waals surface area contributed by atoms with E-state index in [9.17, 15) is 14.7 Å². The maximum atomic E-state index is 11.8. The largest absolute Gasteiger partial charge is 0.477 e. The zero-order valence-electron chi connectivity index (χ0n) is 14.3. The van der Waals surface area contributed by atoms with E-state index in [4.69, 9.17) is 4.74 Å². The first-order valence-corrected chi connectivity index (χ1v) is 8.60. The number of benzene rings is 1. The van der Waals surface area contributed by atoms with Gasteiger partial charge in [-0.3, -0.25) is 5.32 Å². The quantitative estimate of drug-likeness (QED) is 0.699. The molecule has 1 heterocycles. The van der Waals surface area contributed by atoms with Crippen LogP contribution in [0, 0.1) is 12.8 Å². The Morgan fingerprint density at radius 3 is 2.56 bits per heavy atom. The van der Waals surface area contributed by atoms with Gasteiger partial charge in [0, 0.05) is 6.54 Å². The molecule has 2 amide bonds. The second-order valence-corrected chi connectivity index (χ2v) is 6.77. The fourth-order valence-corrected chi connectivity index (χ4v) is 2.65. The molecule has 0 aliphatic rings. The molecule has 7 nitrogen and oxygen atoms in total. The van der Waals surface area contributed by atoms with E-state index in [0.29, 0.717) is 12.5 Å². The summed E-state index contributed by atoms with van der Waals surface area (Å²) in [5.74, 6) is -0.913. The van der Waals surface area contributed by atoms with Crippen LogP contribution in [0.5, 0.6) is 5.88 Å². The number of nitrogens with zero attached hydrogens (tertiary/aromatic N) is 1. The number of carbonyl (C=O) groups is 2. The minimum Gasteiger partial charge on any atom is -0.477 e. The van der Waals surface area contributed by atoms with Crippen LogP contribution in [-0.2, 0) is 6.61 Å². The number of ether oxygens (including phenoxy) is 1. The SMILES string of the molecule is Cc1ccc(COc2nsc(NC(=O)NCC(C)C)c2C(=O)O)cc1. The Balaban J connectivity index is 2.06. The Morgan fingerprint density at radius 2 is 1.96 bits per heavy atom. The number of aromatic nitrogens is 1. The maximum absolute atomic E-state index is 11.8. The molecule has 2 aromatic rings. The average Bonchev–Trinajstić information content (AvgIpc) is 2.95. The van der Waals surface area contributed by atoms with E-state index in [1.807, 2.05) is 45.0 Å². The van der Waals surface area contributed by atoms with Crippen molar-refractivity contribution < 1.29 is 19.4 Å². The van der Waals surface area contributed by atoms with Gasteiger partial charge in [0.2, 0.25) is 5.88 Å². The number of amides is 2. The highest BCUT2D eigenvalue weighted by atomic mass is 32.1. The highest BCUT2D eigenvalue weighted by molar-refractivity contribution is 7.11. The van der Waals surface area contributed by atoms with E-state index in [2.05, 4.69) is 15.0 Å². The standard InChI is InChI=1S/C17H21N3O4S/c1-10(2)8-18-17(23)19-15-13(16(21)22)14(20-25-15)24-9-12-6-4-11(3)5-7-12/h4-7,10H,8-9H2,1-3H3,(H,21,22)(H2,18,19,23). The fraction of sp³-hybridized carbons (Fsp3) is 0.353.